The summed E-state index contributed by atoms with van der Waals surface area (Å²) >= 11 is 3.50. The molecule has 0 saturated heterocycles. The fourth-order valence-corrected chi connectivity index (χ4v) is 3.59. The molecule has 4 rings (SSSR count). The van der Waals surface area contributed by atoms with E-state index in [0.29, 0.717) is 11.1 Å². The van der Waals surface area contributed by atoms with E-state index in [1.54, 1.807) is 32.2 Å². The number of pyridine rings is 1. The average molecular weight is 414 g/mol. The van der Waals surface area contributed by atoms with Gasteiger partial charge in [-0.1, -0.05) is 15.9 Å². The van der Waals surface area contributed by atoms with E-state index in [1.807, 2.05) is 28.7 Å². The lowest BCUT2D eigenvalue weighted by Crippen LogP contribution is -2.18. The van der Waals surface area contributed by atoms with E-state index in [-0.39, 0.29) is 18.1 Å². The first-order chi connectivity index (χ1) is 12.4. The molecule has 0 N–H and O–H groups in total. The molecule has 4 aromatic rings. The molecule has 0 atom stereocenters. The summed E-state index contributed by atoms with van der Waals surface area (Å²) in [6.45, 7) is 3.37. The van der Waals surface area contributed by atoms with Crippen molar-refractivity contribution in [1.82, 2.24) is 4.40 Å². The number of nitrogens with zero attached hydrogens (tertiary/aromatic N) is 1. The Kier molecular flexibility index (Phi) is 4.07. The smallest absolute Gasteiger partial charge is 0.344 e. The Labute approximate surface area is 157 Å². The number of benzene rings is 2. The SMILES string of the molecule is CC(C)OC(=O)COc1cc2c(=O)ccn3c4ccc(Br)cc4c(c1)c23. The summed E-state index contributed by atoms with van der Waals surface area (Å²) in [5.41, 5.74) is 1.77. The fourth-order valence-electron chi connectivity index (χ4n) is 3.22. The third-order valence-electron chi connectivity index (χ3n) is 4.20. The molecule has 26 heavy (non-hydrogen) atoms. The number of fused-ring (bicyclic) bond motifs is 3. The van der Waals surface area contributed by atoms with Crippen LogP contribution in [-0.4, -0.2) is 23.1 Å². The first-order valence-corrected chi connectivity index (χ1v) is 9.05. The number of hydrogen-bond acceptors (Lipinski definition) is 4. The van der Waals surface area contributed by atoms with Crippen molar-refractivity contribution in [2.24, 2.45) is 0 Å². The summed E-state index contributed by atoms with van der Waals surface area (Å²) in [6, 6.07) is 11.1. The minimum absolute atomic E-state index is 0.0837. The highest BCUT2D eigenvalue weighted by molar-refractivity contribution is 9.10. The predicted octanol–water partition coefficient (Wildman–Crippen LogP) is 4.14. The van der Waals surface area contributed by atoms with Crippen LogP contribution in [0.1, 0.15) is 13.8 Å². The Hall–Kier alpha value is -2.60. The monoisotopic (exact) mass is 413 g/mol. The van der Waals surface area contributed by atoms with Gasteiger partial charge in [0.1, 0.15) is 5.75 Å². The number of halogens is 1. The number of ether oxygens (including phenoxy) is 2. The zero-order valence-electron chi connectivity index (χ0n) is 14.3. The van der Waals surface area contributed by atoms with Crippen LogP contribution in [0.2, 0.25) is 0 Å². The molecule has 0 bridgehead atoms. The number of esters is 1. The molecular formula is C20H16BrNO4. The van der Waals surface area contributed by atoms with Crippen LogP contribution in [0.4, 0.5) is 0 Å². The van der Waals surface area contributed by atoms with Crippen LogP contribution in [0.25, 0.3) is 27.2 Å². The number of carbonyl (C=O) groups excluding carboxylic acids is 1. The van der Waals surface area contributed by atoms with Gasteiger partial charge < -0.3 is 13.9 Å². The zero-order chi connectivity index (χ0) is 18.4. The standard InChI is InChI=1S/C20H16BrNO4/c1-11(2)26-19(24)10-25-13-8-15-14-7-12(21)3-4-17(14)22-6-5-18(23)16(9-13)20(15)22/h3-9,11H,10H2,1-2H3. The van der Waals surface area contributed by atoms with Gasteiger partial charge >= 0.3 is 5.97 Å². The summed E-state index contributed by atoms with van der Waals surface area (Å²) in [5.74, 6) is 0.0287. The van der Waals surface area contributed by atoms with Gasteiger partial charge in [0, 0.05) is 27.5 Å². The molecule has 2 aromatic carbocycles. The lowest BCUT2D eigenvalue weighted by Gasteiger charge is -2.10. The molecule has 0 aliphatic heterocycles. The number of rotatable bonds is 4. The van der Waals surface area contributed by atoms with Gasteiger partial charge in [0.15, 0.2) is 12.0 Å². The van der Waals surface area contributed by atoms with Gasteiger partial charge in [0.25, 0.3) is 0 Å². The highest BCUT2D eigenvalue weighted by atomic mass is 79.9. The molecule has 6 heteroatoms. The molecule has 0 radical (unpaired) electrons. The summed E-state index contributed by atoms with van der Waals surface area (Å²) in [4.78, 5) is 24.1. The van der Waals surface area contributed by atoms with Crippen LogP contribution in [0.15, 0.2) is 51.9 Å². The molecule has 0 amide bonds. The summed E-state index contributed by atoms with van der Waals surface area (Å²) in [5, 5.41) is 2.47. The average Bonchev–Trinajstić information content (AvgIpc) is 2.90. The summed E-state index contributed by atoms with van der Waals surface area (Å²) in [7, 11) is 0. The minimum atomic E-state index is -0.440. The fraction of sp³-hybridized carbons (Fsp3) is 0.200. The van der Waals surface area contributed by atoms with Gasteiger partial charge in [-0.05, 0) is 44.2 Å². The summed E-state index contributed by atoms with van der Waals surface area (Å²) in [6.07, 6.45) is 1.59. The molecule has 2 aromatic heterocycles. The molecule has 0 unspecified atom stereocenters. The van der Waals surface area contributed by atoms with E-state index in [9.17, 15) is 9.59 Å². The maximum atomic E-state index is 12.4. The number of hydrogen-bond donors (Lipinski definition) is 0. The van der Waals surface area contributed by atoms with Crippen molar-refractivity contribution in [3.05, 3.63) is 57.3 Å². The van der Waals surface area contributed by atoms with Crippen LogP contribution >= 0.6 is 15.9 Å². The lowest BCUT2D eigenvalue weighted by atomic mass is 10.1. The second-order valence-corrected chi connectivity index (χ2v) is 7.32. The highest BCUT2D eigenvalue weighted by Gasteiger charge is 2.15. The maximum absolute atomic E-state index is 12.4. The van der Waals surface area contributed by atoms with Crippen LogP contribution in [0, 0.1) is 0 Å². The van der Waals surface area contributed by atoms with E-state index < -0.39 is 5.97 Å². The van der Waals surface area contributed by atoms with E-state index >= 15 is 0 Å². The Balaban J connectivity index is 1.88. The minimum Gasteiger partial charge on any atom is -0.482 e. The molecule has 0 fully saturated rings. The van der Waals surface area contributed by atoms with Crippen molar-refractivity contribution < 1.29 is 14.3 Å². The molecule has 0 aliphatic rings. The highest BCUT2D eigenvalue weighted by Crippen LogP contribution is 2.35. The normalized spacial score (nSPS) is 11.7. The van der Waals surface area contributed by atoms with Crippen molar-refractivity contribution >= 4 is 49.1 Å². The van der Waals surface area contributed by atoms with Crippen LogP contribution in [-0.2, 0) is 9.53 Å². The van der Waals surface area contributed by atoms with Crippen LogP contribution in [0.5, 0.6) is 5.75 Å². The molecule has 2 heterocycles. The van der Waals surface area contributed by atoms with Gasteiger partial charge in [0.2, 0.25) is 0 Å². The molecule has 132 valence electrons. The Bertz CT molecular complexity index is 1200. The third kappa shape index (κ3) is 2.80. The molecule has 0 aliphatic carbocycles. The molecule has 0 spiro atoms. The van der Waals surface area contributed by atoms with Gasteiger partial charge in [-0.3, -0.25) is 4.79 Å². The van der Waals surface area contributed by atoms with E-state index in [4.69, 9.17) is 9.47 Å². The van der Waals surface area contributed by atoms with Crippen molar-refractivity contribution in [2.75, 3.05) is 6.61 Å². The van der Waals surface area contributed by atoms with Crippen molar-refractivity contribution in [3.63, 3.8) is 0 Å². The van der Waals surface area contributed by atoms with E-state index in [0.717, 1.165) is 26.3 Å². The van der Waals surface area contributed by atoms with Gasteiger partial charge in [-0.2, -0.15) is 0 Å². The topological polar surface area (TPSA) is 57.0 Å². The zero-order valence-corrected chi connectivity index (χ0v) is 15.9. The second-order valence-electron chi connectivity index (χ2n) is 6.41. The number of carbonyl (C=O) groups is 1. The van der Waals surface area contributed by atoms with Crippen LogP contribution in [0.3, 0.4) is 0 Å². The van der Waals surface area contributed by atoms with Crippen molar-refractivity contribution in [3.8, 4) is 5.75 Å². The third-order valence-corrected chi connectivity index (χ3v) is 4.69. The largest absolute Gasteiger partial charge is 0.482 e. The first kappa shape index (κ1) is 16.8. The van der Waals surface area contributed by atoms with Crippen molar-refractivity contribution in [2.45, 2.75) is 20.0 Å². The second kappa shape index (κ2) is 6.29. The van der Waals surface area contributed by atoms with Gasteiger partial charge in [0.05, 0.1) is 22.5 Å². The molecule has 5 nitrogen and oxygen atoms in total. The van der Waals surface area contributed by atoms with Crippen LogP contribution < -0.4 is 10.2 Å². The quantitative estimate of drug-likeness (QED) is 0.471. The molecular weight excluding hydrogens is 398 g/mol. The lowest BCUT2D eigenvalue weighted by molar-refractivity contribution is -0.149. The van der Waals surface area contributed by atoms with Gasteiger partial charge in [-0.25, -0.2) is 4.79 Å². The Morgan fingerprint density at radius 3 is 2.65 bits per heavy atom. The number of aromatic nitrogens is 1. The molecule has 0 saturated carbocycles. The van der Waals surface area contributed by atoms with E-state index in [2.05, 4.69) is 15.9 Å². The van der Waals surface area contributed by atoms with Crippen molar-refractivity contribution in [1.29, 1.82) is 0 Å². The predicted molar refractivity (Wildman–Crippen MR) is 104 cm³/mol. The Morgan fingerprint density at radius 2 is 1.88 bits per heavy atom. The van der Waals surface area contributed by atoms with Gasteiger partial charge in [-0.15, -0.1) is 0 Å². The first-order valence-electron chi connectivity index (χ1n) is 8.26. The maximum Gasteiger partial charge on any atom is 0.344 e. The van der Waals surface area contributed by atoms with E-state index in [1.165, 1.54) is 0 Å². The Morgan fingerprint density at radius 1 is 1.12 bits per heavy atom. The summed E-state index contributed by atoms with van der Waals surface area (Å²) < 4.78 is 13.6.